The molecule has 26 heavy (non-hydrogen) atoms. The first-order valence-corrected chi connectivity index (χ1v) is 8.92. The molecule has 138 valence electrons. The monoisotopic (exact) mass is 356 g/mol. The van der Waals surface area contributed by atoms with E-state index in [1.54, 1.807) is 30.3 Å². The smallest absolute Gasteiger partial charge is 0.119 e. The molecule has 3 aliphatic rings. The number of rotatable bonds is 4. The maximum absolute atomic E-state index is 11.2. The summed E-state index contributed by atoms with van der Waals surface area (Å²) >= 11 is 0. The summed E-state index contributed by atoms with van der Waals surface area (Å²) in [4.78, 5) is 5.98. The molecule has 1 unspecified atom stereocenters. The minimum absolute atomic E-state index is 0.0869. The van der Waals surface area contributed by atoms with E-state index in [2.05, 4.69) is 11.6 Å². The average Bonchev–Trinajstić information content (AvgIpc) is 2.66. The molecule has 7 atom stereocenters. The summed E-state index contributed by atoms with van der Waals surface area (Å²) in [6.07, 6.45) is 2.25. The molecule has 1 aromatic carbocycles. The number of fused-ring (bicyclic) bond motifs is 4. The van der Waals surface area contributed by atoms with Crippen LogP contribution in [0.2, 0.25) is 0 Å². The number of pyridine rings is 1. The van der Waals surface area contributed by atoms with E-state index in [1.807, 2.05) is 18.2 Å². The Morgan fingerprint density at radius 3 is 2.81 bits per heavy atom. The van der Waals surface area contributed by atoms with Crippen molar-refractivity contribution in [2.24, 2.45) is 11.8 Å². The number of aliphatic hydroxyl groups is 3. The maximum Gasteiger partial charge on any atom is 0.119 e. The third kappa shape index (κ3) is 2.61. The lowest BCUT2D eigenvalue weighted by molar-refractivity contribution is -0.237. The highest BCUT2D eigenvalue weighted by Crippen LogP contribution is 2.46. The predicted octanol–water partition coefficient (Wildman–Crippen LogP) is 1.81. The Labute approximate surface area is 152 Å². The summed E-state index contributed by atoms with van der Waals surface area (Å²) in [5, 5.41) is 33.1. The molecule has 3 saturated heterocycles. The second kappa shape index (κ2) is 6.63. The summed E-state index contributed by atoms with van der Waals surface area (Å²) in [6, 6.07) is 6.97. The van der Waals surface area contributed by atoms with E-state index in [1.165, 1.54) is 0 Å². The van der Waals surface area contributed by atoms with Crippen molar-refractivity contribution < 1.29 is 20.1 Å². The van der Waals surface area contributed by atoms with Crippen LogP contribution < -0.4 is 4.74 Å². The lowest BCUT2D eigenvalue weighted by Crippen LogP contribution is -2.64. The van der Waals surface area contributed by atoms with Crippen molar-refractivity contribution in [3.8, 4) is 5.75 Å². The second-order valence-electron chi connectivity index (χ2n) is 7.18. The third-order valence-corrected chi connectivity index (χ3v) is 5.92. The van der Waals surface area contributed by atoms with Gasteiger partial charge in [-0.05, 0) is 48.6 Å². The van der Waals surface area contributed by atoms with Crippen LogP contribution in [0.5, 0.6) is 5.75 Å². The van der Waals surface area contributed by atoms with Crippen LogP contribution in [0.15, 0.2) is 43.1 Å². The molecule has 3 N–H and O–H groups in total. The first-order valence-electron chi connectivity index (χ1n) is 8.92. The number of piperidine rings is 3. The van der Waals surface area contributed by atoms with Crippen molar-refractivity contribution in [3.63, 3.8) is 0 Å². The molecule has 6 heteroatoms. The highest BCUT2D eigenvalue weighted by atomic mass is 16.5. The van der Waals surface area contributed by atoms with Gasteiger partial charge in [0.15, 0.2) is 0 Å². The zero-order valence-electron chi connectivity index (χ0n) is 14.7. The van der Waals surface area contributed by atoms with Crippen LogP contribution in [0.25, 0.3) is 10.9 Å². The van der Waals surface area contributed by atoms with Gasteiger partial charge in [-0.15, -0.1) is 6.58 Å². The molecular weight excluding hydrogens is 332 g/mol. The SMILES string of the molecule is C=C[C@@H]1[C@@H]2C[C@H](O)N([C@H]1O)[C@H]([C@H](O)c1ccnc3ccc(OC)cc13)C2. The van der Waals surface area contributed by atoms with E-state index in [9.17, 15) is 15.3 Å². The van der Waals surface area contributed by atoms with E-state index >= 15 is 0 Å². The summed E-state index contributed by atoms with van der Waals surface area (Å²) in [6.45, 7) is 3.81. The lowest BCUT2D eigenvalue weighted by Gasteiger charge is -2.55. The van der Waals surface area contributed by atoms with Crippen LogP contribution in [0.4, 0.5) is 0 Å². The molecule has 3 fully saturated rings. The minimum Gasteiger partial charge on any atom is -0.497 e. The van der Waals surface area contributed by atoms with Gasteiger partial charge in [-0.1, -0.05) is 6.08 Å². The van der Waals surface area contributed by atoms with Gasteiger partial charge in [0, 0.05) is 23.5 Å². The highest BCUT2D eigenvalue weighted by molar-refractivity contribution is 5.83. The van der Waals surface area contributed by atoms with Gasteiger partial charge in [0.25, 0.3) is 0 Å². The number of benzene rings is 1. The molecule has 1 aromatic heterocycles. The summed E-state index contributed by atoms with van der Waals surface area (Å²) in [7, 11) is 1.60. The first kappa shape index (κ1) is 17.4. The molecule has 6 nitrogen and oxygen atoms in total. The summed E-state index contributed by atoms with van der Waals surface area (Å²) < 4.78 is 5.30. The molecule has 4 heterocycles. The molecular formula is C20H24N2O4. The van der Waals surface area contributed by atoms with Gasteiger partial charge in [0.1, 0.15) is 18.2 Å². The molecule has 0 radical (unpaired) electrons. The van der Waals surface area contributed by atoms with Gasteiger partial charge in [-0.3, -0.25) is 4.98 Å². The fourth-order valence-corrected chi connectivity index (χ4v) is 4.62. The number of ether oxygens (including phenoxy) is 1. The molecule has 3 aliphatic heterocycles. The van der Waals surface area contributed by atoms with Crippen molar-refractivity contribution >= 4 is 10.9 Å². The van der Waals surface area contributed by atoms with E-state index in [0.29, 0.717) is 18.6 Å². The third-order valence-electron chi connectivity index (χ3n) is 5.92. The Morgan fingerprint density at radius 1 is 1.31 bits per heavy atom. The number of aromatic nitrogens is 1. The van der Waals surface area contributed by atoms with Crippen LogP contribution in [-0.4, -0.2) is 50.8 Å². The van der Waals surface area contributed by atoms with Crippen LogP contribution >= 0.6 is 0 Å². The Balaban J connectivity index is 1.73. The van der Waals surface area contributed by atoms with Gasteiger partial charge < -0.3 is 20.1 Å². The zero-order valence-corrected chi connectivity index (χ0v) is 14.7. The number of nitrogens with zero attached hydrogens (tertiary/aromatic N) is 2. The first-order chi connectivity index (χ1) is 12.5. The Kier molecular flexibility index (Phi) is 4.44. The standard InChI is InChI=1S/C20H24N2O4/c1-3-13-11-8-17(22(20(13)25)18(23)9-11)19(24)14-6-7-21-16-5-4-12(26-2)10-15(14)16/h3-7,10-11,13,17-20,23-25H,1,8-9H2,2H3/t11-,13+,17-,18-,19+,20-/m0/s1. The number of aliphatic hydroxyl groups excluding tert-OH is 3. The van der Waals surface area contributed by atoms with Crippen LogP contribution in [-0.2, 0) is 0 Å². The number of hydrogen-bond acceptors (Lipinski definition) is 6. The average molecular weight is 356 g/mol. The normalized spacial score (nSPS) is 34.6. The fourth-order valence-electron chi connectivity index (χ4n) is 4.62. The van der Waals surface area contributed by atoms with E-state index in [0.717, 1.165) is 16.5 Å². The summed E-state index contributed by atoms with van der Waals surface area (Å²) in [5.74, 6) is 0.706. The van der Waals surface area contributed by atoms with Gasteiger partial charge in [-0.25, -0.2) is 4.90 Å². The minimum atomic E-state index is -0.856. The molecule has 0 aliphatic carbocycles. The van der Waals surface area contributed by atoms with Gasteiger partial charge in [-0.2, -0.15) is 0 Å². The molecule has 5 rings (SSSR count). The summed E-state index contributed by atoms with van der Waals surface area (Å²) in [5.41, 5.74) is 1.49. The molecule has 0 spiro atoms. The van der Waals surface area contributed by atoms with E-state index in [4.69, 9.17) is 4.74 Å². The van der Waals surface area contributed by atoms with Crippen LogP contribution in [0.3, 0.4) is 0 Å². The van der Waals surface area contributed by atoms with Crippen molar-refractivity contribution in [1.29, 1.82) is 0 Å². The van der Waals surface area contributed by atoms with Crippen LogP contribution in [0, 0.1) is 11.8 Å². The van der Waals surface area contributed by atoms with Crippen LogP contribution in [0.1, 0.15) is 24.5 Å². The Hall–Kier alpha value is -1.99. The maximum atomic E-state index is 11.2. The van der Waals surface area contributed by atoms with Gasteiger partial charge in [0.05, 0.1) is 18.7 Å². The fraction of sp³-hybridized carbons (Fsp3) is 0.450. The second-order valence-corrected chi connectivity index (χ2v) is 7.18. The number of hydrogen-bond donors (Lipinski definition) is 3. The van der Waals surface area contributed by atoms with E-state index < -0.39 is 18.6 Å². The molecule has 0 amide bonds. The molecule has 0 saturated carbocycles. The Morgan fingerprint density at radius 2 is 2.12 bits per heavy atom. The van der Waals surface area contributed by atoms with Crippen molar-refractivity contribution in [1.82, 2.24) is 9.88 Å². The van der Waals surface area contributed by atoms with Crippen molar-refractivity contribution in [2.75, 3.05) is 7.11 Å². The number of methoxy groups -OCH3 is 1. The highest BCUT2D eigenvalue weighted by Gasteiger charge is 2.51. The molecule has 2 aromatic rings. The zero-order chi connectivity index (χ0) is 18.4. The molecule has 2 bridgehead atoms. The van der Waals surface area contributed by atoms with Crippen molar-refractivity contribution in [2.45, 2.75) is 37.4 Å². The van der Waals surface area contributed by atoms with Gasteiger partial charge in [0.2, 0.25) is 0 Å². The topological polar surface area (TPSA) is 86.1 Å². The van der Waals surface area contributed by atoms with E-state index in [-0.39, 0.29) is 17.9 Å². The van der Waals surface area contributed by atoms with Crippen molar-refractivity contribution in [3.05, 3.63) is 48.7 Å². The van der Waals surface area contributed by atoms with Gasteiger partial charge >= 0.3 is 0 Å². The quantitative estimate of drug-likeness (QED) is 0.725. The predicted molar refractivity (Wildman–Crippen MR) is 97.3 cm³/mol. The lowest BCUT2D eigenvalue weighted by atomic mass is 9.71. The Bertz CT molecular complexity index is 825. The largest absolute Gasteiger partial charge is 0.497 e.